The highest BCUT2D eigenvalue weighted by Gasteiger charge is 2.38. The maximum absolute atomic E-state index is 11.8. The number of sulfonamides is 1. The van der Waals surface area contributed by atoms with E-state index < -0.39 is 15.3 Å². The minimum Gasteiger partial charge on any atom is -0.308 e. The molecule has 1 aliphatic heterocycles. The molecule has 1 aromatic heterocycles. The summed E-state index contributed by atoms with van der Waals surface area (Å²) in [5, 5.41) is 4.46. The first kappa shape index (κ1) is 13.7. The van der Waals surface area contributed by atoms with Gasteiger partial charge in [-0.1, -0.05) is 11.6 Å². The first-order valence-corrected chi connectivity index (χ1v) is 7.69. The van der Waals surface area contributed by atoms with Gasteiger partial charge in [-0.15, -0.1) is 0 Å². The molecule has 0 radical (unpaired) electrons. The molecule has 1 aromatic rings. The van der Waals surface area contributed by atoms with Gasteiger partial charge < -0.3 is 4.90 Å². The van der Waals surface area contributed by atoms with Crippen LogP contribution in [0.5, 0.6) is 0 Å². The lowest BCUT2D eigenvalue weighted by Gasteiger charge is -2.17. The summed E-state index contributed by atoms with van der Waals surface area (Å²) in [4.78, 5) is 17.0. The van der Waals surface area contributed by atoms with Crippen LogP contribution in [0, 0.1) is 0 Å². The number of hydrogen-bond donors (Lipinski definition) is 1. The SMILES string of the molecule is NS(=O)(=O)C1CC(=O)N(c2cncc(Br)c2Cl)C1. The Morgan fingerprint density at radius 2 is 2.17 bits per heavy atom. The highest BCUT2D eigenvalue weighted by Crippen LogP contribution is 2.34. The fourth-order valence-corrected chi connectivity index (χ4v) is 2.98. The first-order valence-electron chi connectivity index (χ1n) is 4.91. The Bertz CT molecular complexity index is 607. The summed E-state index contributed by atoms with van der Waals surface area (Å²) in [6, 6.07) is 0. The van der Waals surface area contributed by atoms with Crippen LogP contribution in [0.2, 0.25) is 5.02 Å². The summed E-state index contributed by atoms with van der Waals surface area (Å²) in [5.74, 6) is -0.337. The van der Waals surface area contributed by atoms with Crippen molar-refractivity contribution in [3.05, 3.63) is 21.9 Å². The van der Waals surface area contributed by atoms with Gasteiger partial charge in [0.05, 0.1) is 21.4 Å². The number of pyridine rings is 1. The molecule has 18 heavy (non-hydrogen) atoms. The molecular formula is C9H9BrClN3O3S. The minimum atomic E-state index is -3.74. The van der Waals surface area contributed by atoms with Crippen molar-refractivity contribution in [1.82, 2.24) is 4.98 Å². The zero-order valence-electron chi connectivity index (χ0n) is 9.01. The molecule has 9 heteroatoms. The molecule has 1 amide bonds. The van der Waals surface area contributed by atoms with E-state index in [2.05, 4.69) is 20.9 Å². The van der Waals surface area contributed by atoms with E-state index in [1.165, 1.54) is 17.3 Å². The molecule has 2 N–H and O–H groups in total. The number of amides is 1. The number of hydrogen-bond acceptors (Lipinski definition) is 4. The average molecular weight is 355 g/mol. The summed E-state index contributed by atoms with van der Waals surface area (Å²) in [6.07, 6.45) is 2.77. The Morgan fingerprint density at radius 3 is 2.72 bits per heavy atom. The van der Waals surface area contributed by atoms with E-state index in [9.17, 15) is 13.2 Å². The summed E-state index contributed by atoms with van der Waals surface area (Å²) in [5.41, 5.74) is 0.377. The van der Waals surface area contributed by atoms with Gasteiger partial charge in [0.15, 0.2) is 0 Å². The van der Waals surface area contributed by atoms with Crippen LogP contribution in [0.3, 0.4) is 0 Å². The van der Waals surface area contributed by atoms with Gasteiger partial charge >= 0.3 is 0 Å². The van der Waals surface area contributed by atoms with E-state index >= 15 is 0 Å². The van der Waals surface area contributed by atoms with Gasteiger partial charge in [-0.05, 0) is 15.9 Å². The predicted molar refractivity (Wildman–Crippen MR) is 70.8 cm³/mol. The standard InChI is InChI=1S/C9H9BrClN3O3S/c10-6-2-13-3-7(9(6)11)14-4-5(1-8(14)15)18(12,16)17/h2-3,5H,1,4H2,(H2,12,16,17). The van der Waals surface area contributed by atoms with Crippen LogP contribution in [-0.2, 0) is 14.8 Å². The van der Waals surface area contributed by atoms with Gasteiger partial charge in [0, 0.05) is 19.2 Å². The maximum atomic E-state index is 11.8. The molecule has 2 rings (SSSR count). The van der Waals surface area contributed by atoms with Gasteiger partial charge in [0.1, 0.15) is 5.25 Å². The highest BCUT2D eigenvalue weighted by molar-refractivity contribution is 9.10. The van der Waals surface area contributed by atoms with Crippen molar-refractivity contribution in [2.45, 2.75) is 11.7 Å². The smallest absolute Gasteiger partial charge is 0.228 e. The fourth-order valence-electron chi connectivity index (χ4n) is 1.72. The van der Waals surface area contributed by atoms with Crippen LogP contribution in [0.4, 0.5) is 5.69 Å². The molecule has 0 aliphatic carbocycles. The summed E-state index contributed by atoms with van der Waals surface area (Å²) in [7, 11) is -3.74. The summed E-state index contributed by atoms with van der Waals surface area (Å²) >= 11 is 9.23. The van der Waals surface area contributed by atoms with Gasteiger partial charge in [0.2, 0.25) is 15.9 Å². The van der Waals surface area contributed by atoms with E-state index in [1.54, 1.807) is 0 Å². The molecule has 1 saturated heterocycles. The van der Waals surface area contributed by atoms with Crippen molar-refractivity contribution in [3.8, 4) is 0 Å². The number of primary sulfonamides is 1. The summed E-state index contributed by atoms with van der Waals surface area (Å²) < 4.78 is 23.0. The topological polar surface area (TPSA) is 93.4 Å². The van der Waals surface area contributed by atoms with E-state index in [0.29, 0.717) is 15.2 Å². The third kappa shape index (κ3) is 2.51. The monoisotopic (exact) mass is 353 g/mol. The molecule has 6 nitrogen and oxygen atoms in total. The Labute approximate surface area is 117 Å². The van der Waals surface area contributed by atoms with Gasteiger partial charge in [-0.2, -0.15) is 0 Å². The maximum Gasteiger partial charge on any atom is 0.228 e. The highest BCUT2D eigenvalue weighted by atomic mass is 79.9. The molecular weight excluding hydrogens is 346 g/mol. The van der Waals surface area contributed by atoms with Crippen molar-refractivity contribution in [2.24, 2.45) is 5.14 Å². The van der Waals surface area contributed by atoms with Crippen LogP contribution in [0.25, 0.3) is 0 Å². The van der Waals surface area contributed by atoms with Crippen LogP contribution in [0.15, 0.2) is 16.9 Å². The number of anilines is 1. The minimum absolute atomic E-state index is 0.00444. The van der Waals surface area contributed by atoms with E-state index in [1.807, 2.05) is 0 Å². The van der Waals surface area contributed by atoms with Crippen molar-refractivity contribution < 1.29 is 13.2 Å². The Kier molecular flexibility index (Phi) is 3.63. The van der Waals surface area contributed by atoms with Gasteiger partial charge in [-0.25, -0.2) is 13.6 Å². The number of aromatic nitrogens is 1. The molecule has 0 spiro atoms. The van der Waals surface area contributed by atoms with E-state index in [-0.39, 0.29) is 18.9 Å². The largest absolute Gasteiger partial charge is 0.308 e. The lowest BCUT2D eigenvalue weighted by atomic mass is 10.4. The second kappa shape index (κ2) is 4.76. The molecule has 0 aromatic carbocycles. The Hall–Kier alpha value is -0.700. The predicted octanol–water partition coefficient (Wildman–Crippen LogP) is 0.891. The zero-order chi connectivity index (χ0) is 13.5. The third-order valence-electron chi connectivity index (χ3n) is 2.66. The van der Waals surface area contributed by atoms with Crippen LogP contribution in [0.1, 0.15) is 6.42 Å². The molecule has 1 unspecified atom stereocenters. The molecule has 1 atom stereocenters. The molecule has 0 saturated carbocycles. The molecule has 0 bridgehead atoms. The van der Waals surface area contributed by atoms with Crippen LogP contribution >= 0.6 is 27.5 Å². The Morgan fingerprint density at radius 1 is 1.50 bits per heavy atom. The van der Waals surface area contributed by atoms with Gasteiger partial charge in [-0.3, -0.25) is 9.78 Å². The van der Waals surface area contributed by atoms with E-state index in [0.717, 1.165) is 0 Å². The van der Waals surface area contributed by atoms with Crippen molar-refractivity contribution >= 4 is 49.1 Å². The van der Waals surface area contributed by atoms with Gasteiger partial charge in [0.25, 0.3) is 0 Å². The second-order valence-electron chi connectivity index (χ2n) is 3.87. The average Bonchev–Trinajstić information content (AvgIpc) is 2.64. The lowest BCUT2D eigenvalue weighted by Crippen LogP contribution is -2.32. The number of nitrogens with zero attached hydrogens (tertiary/aromatic N) is 2. The summed E-state index contributed by atoms with van der Waals surface area (Å²) in [6.45, 7) is -0.00444. The van der Waals surface area contributed by atoms with Crippen molar-refractivity contribution in [2.75, 3.05) is 11.4 Å². The van der Waals surface area contributed by atoms with Crippen molar-refractivity contribution in [1.29, 1.82) is 0 Å². The van der Waals surface area contributed by atoms with Crippen LogP contribution < -0.4 is 10.0 Å². The van der Waals surface area contributed by atoms with E-state index in [4.69, 9.17) is 16.7 Å². The number of carbonyl (C=O) groups excluding carboxylic acids is 1. The molecule has 1 fully saturated rings. The number of halogens is 2. The number of rotatable bonds is 2. The van der Waals surface area contributed by atoms with Crippen LogP contribution in [-0.4, -0.2) is 31.1 Å². The lowest BCUT2D eigenvalue weighted by molar-refractivity contribution is -0.117. The zero-order valence-corrected chi connectivity index (χ0v) is 12.2. The van der Waals surface area contributed by atoms with Crippen molar-refractivity contribution in [3.63, 3.8) is 0 Å². The molecule has 2 heterocycles. The number of nitrogens with two attached hydrogens (primary N) is 1. The Balaban J connectivity index is 2.36. The first-order chi connectivity index (χ1) is 8.30. The molecule has 98 valence electrons. The number of carbonyl (C=O) groups is 1. The fraction of sp³-hybridized carbons (Fsp3) is 0.333. The molecule has 1 aliphatic rings. The normalized spacial score (nSPS) is 20.5. The third-order valence-corrected chi connectivity index (χ3v) is 5.14. The quantitative estimate of drug-likeness (QED) is 0.853. The second-order valence-corrected chi connectivity index (χ2v) is 6.95.